The van der Waals surface area contributed by atoms with Gasteiger partial charge in [0, 0.05) is 25.2 Å². The van der Waals surface area contributed by atoms with E-state index in [1.807, 2.05) is 0 Å². The van der Waals surface area contributed by atoms with Crippen molar-refractivity contribution in [1.82, 2.24) is 10.6 Å². The average Bonchev–Trinajstić information content (AvgIpc) is 3.17. The summed E-state index contributed by atoms with van der Waals surface area (Å²) >= 11 is 0. The van der Waals surface area contributed by atoms with Crippen LogP contribution in [-0.2, 0) is 4.79 Å². The monoisotopic (exact) mass is 343 g/mol. The first-order chi connectivity index (χ1) is 12.1. The van der Waals surface area contributed by atoms with Crippen LogP contribution in [0.25, 0.3) is 0 Å². The number of carbonyl (C=O) groups excluding carboxylic acids is 1. The predicted molar refractivity (Wildman–Crippen MR) is 104 cm³/mol. The van der Waals surface area contributed by atoms with Gasteiger partial charge in [-0.2, -0.15) is 0 Å². The molecule has 1 amide bonds. The smallest absolute Gasteiger partial charge is 0.220 e. The Hall–Kier alpha value is -1.55. The fourth-order valence-electron chi connectivity index (χ4n) is 4.17. The van der Waals surface area contributed by atoms with Gasteiger partial charge in [-0.25, -0.2) is 0 Å². The Morgan fingerprint density at radius 2 is 2.08 bits per heavy atom. The van der Waals surface area contributed by atoms with Crippen LogP contribution >= 0.6 is 0 Å². The highest BCUT2D eigenvalue weighted by molar-refractivity contribution is 5.76. The SMILES string of the molecule is CC(NC(=O)CC(C)C1CCCNC1)c1cccc(N2CCCC2)c1. The molecule has 2 saturated heterocycles. The number of hydrogen-bond donors (Lipinski definition) is 2. The molecule has 0 aromatic heterocycles. The standard InChI is InChI=1S/C21H33N3O/c1-16(19-8-6-10-22-15-19)13-21(25)23-17(2)18-7-5-9-20(14-18)24-11-3-4-12-24/h5,7,9,14,16-17,19,22H,3-4,6,8,10-13,15H2,1-2H3,(H,23,25). The number of amides is 1. The number of nitrogens with one attached hydrogen (secondary N) is 2. The van der Waals surface area contributed by atoms with Crippen LogP contribution in [0.5, 0.6) is 0 Å². The first-order valence-electron chi connectivity index (χ1n) is 9.98. The molecule has 0 radical (unpaired) electrons. The molecule has 4 nitrogen and oxygen atoms in total. The van der Waals surface area contributed by atoms with Crippen molar-refractivity contribution >= 4 is 11.6 Å². The van der Waals surface area contributed by atoms with Crippen LogP contribution < -0.4 is 15.5 Å². The third kappa shape index (κ3) is 4.97. The molecule has 2 heterocycles. The Balaban J connectivity index is 1.53. The minimum absolute atomic E-state index is 0.0618. The van der Waals surface area contributed by atoms with Crippen molar-refractivity contribution in [1.29, 1.82) is 0 Å². The molecular weight excluding hydrogens is 310 g/mol. The summed E-state index contributed by atoms with van der Waals surface area (Å²) in [5.41, 5.74) is 2.49. The lowest BCUT2D eigenvalue weighted by Crippen LogP contribution is -2.36. The zero-order chi connectivity index (χ0) is 17.6. The lowest BCUT2D eigenvalue weighted by atomic mass is 9.85. The molecule has 2 aliphatic rings. The summed E-state index contributed by atoms with van der Waals surface area (Å²) < 4.78 is 0. The van der Waals surface area contributed by atoms with E-state index in [4.69, 9.17) is 0 Å². The molecular formula is C21H33N3O. The highest BCUT2D eigenvalue weighted by Crippen LogP contribution is 2.25. The number of anilines is 1. The summed E-state index contributed by atoms with van der Waals surface area (Å²) in [6, 6.07) is 8.72. The lowest BCUT2D eigenvalue weighted by Gasteiger charge is -2.28. The second-order valence-corrected chi connectivity index (χ2v) is 7.87. The second kappa shape index (κ2) is 8.70. The molecule has 0 saturated carbocycles. The number of piperidine rings is 1. The molecule has 1 aromatic rings. The van der Waals surface area contributed by atoms with E-state index in [0.717, 1.165) is 26.2 Å². The van der Waals surface area contributed by atoms with E-state index < -0.39 is 0 Å². The summed E-state index contributed by atoms with van der Waals surface area (Å²) in [5, 5.41) is 6.66. The van der Waals surface area contributed by atoms with Gasteiger partial charge in [0.25, 0.3) is 0 Å². The Kier molecular flexibility index (Phi) is 6.35. The summed E-state index contributed by atoms with van der Waals surface area (Å²) in [5.74, 6) is 1.25. The maximum Gasteiger partial charge on any atom is 0.220 e. The van der Waals surface area contributed by atoms with Crippen molar-refractivity contribution in [2.24, 2.45) is 11.8 Å². The molecule has 3 unspecified atom stereocenters. The maximum absolute atomic E-state index is 12.5. The van der Waals surface area contributed by atoms with Gasteiger partial charge in [0.2, 0.25) is 5.91 Å². The van der Waals surface area contributed by atoms with Crippen molar-refractivity contribution in [3.05, 3.63) is 29.8 Å². The largest absolute Gasteiger partial charge is 0.372 e. The van der Waals surface area contributed by atoms with Gasteiger partial charge in [-0.15, -0.1) is 0 Å². The van der Waals surface area contributed by atoms with Crippen molar-refractivity contribution in [3.63, 3.8) is 0 Å². The number of rotatable bonds is 6. The molecule has 0 spiro atoms. The minimum atomic E-state index is 0.0618. The Morgan fingerprint density at radius 1 is 1.28 bits per heavy atom. The molecule has 138 valence electrons. The lowest BCUT2D eigenvalue weighted by molar-refractivity contribution is -0.123. The van der Waals surface area contributed by atoms with Crippen molar-refractivity contribution in [2.75, 3.05) is 31.1 Å². The summed E-state index contributed by atoms with van der Waals surface area (Å²) in [6.07, 6.45) is 5.67. The molecule has 0 bridgehead atoms. The summed E-state index contributed by atoms with van der Waals surface area (Å²) in [7, 11) is 0. The van der Waals surface area contributed by atoms with E-state index in [1.54, 1.807) is 0 Å². The van der Waals surface area contributed by atoms with E-state index in [-0.39, 0.29) is 11.9 Å². The normalized spacial score (nSPS) is 23.3. The zero-order valence-corrected chi connectivity index (χ0v) is 15.8. The minimum Gasteiger partial charge on any atom is -0.372 e. The molecule has 2 aliphatic heterocycles. The molecule has 3 rings (SSSR count). The van der Waals surface area contributed by atoms with E-state index >= 15 is 0 Å². The zero-order valence-electron chi connectivity index (χ0n) is 15.8. The van der Waals surface area contributed by atoms with E-state index in [1.165, 1.54) is 36.9 Å². The molecule has 3 atom stereocenters. The van der Waals surface area contributed by atoms with Gasteiger partial charge in [0.1, 0.15) is 0 Å². The Bertz CT molecular complexity index is 562. The molecule has 2 N–H and O–H groups in total. The van der Waals surface area contributed by atoms with Crippen molar-refractivity contribution < 1.29 is 4.79 Å². The first kappa shape index (κ1) is 18.2. The van der Waals surface area contributed by atoms with Crippen LogP contribution in [-0.4, -0.2) is 32.1 Å². The molecule has 4 heteroatoms. The van der Waals surface area contributed by atoms with Crippen LogP contribution in [0.15, 0.2) is 24.3 Å². The van der Waals surface area contributed by atoms with Crippen molar-refractivity contribution in [2.45, 2.75) is 52.0 Å². The van der Waals surface area contributed by atoms with Crippen LogP contribution in [0.4, 0.5) is 5.69 Å². The third-order valence-electron chi connectivity index (χ3n) is 5.87. The number of hydrogen-bond acceptors (Lipinski definition) is 3. The molecule has 1 aromatic carbocycles. The first-order valence-corrected chi connectivity index (χ1v) is 9.98. The van der Waals surface area contributed by atoms with Gasteiger partial charge in [0.05, 0.1) is 6.04 Å². The van der Waals surface area contributed by atoms with Crippen LogP contribution in [0.2, 0.25) is 0 Å². The topological polar surface area (TPSA) is 44.4 Å². The highest BCUT2D eigenvalue weighted by atomic mass is 16.1. The molecule has 25 heavy (non-hydrogen) atoms. The van der Waals surface area contributed by atoms with Crippen LogP contribution in [0.1, 0.15) is 57.6 Å². The van der Waals surface area contributed by atoms with Crippen LogP contribution in [0.3, 0.4) is 0 Å². The van der Waals surface area contributed by atoms with Gasteiger partial charge in [-0.1, -0.05) is 19.1 Å². The number of nitrogens with zero attached hydrogens (tertiary/aromatic N) is 1. The van der Waals surface area contributed by atoms with Crippen LogP contribution in [0, 0.1) is 11.8 Å². The predicted octanol–water partition coefficient (Wildman–Crippen LogP) is 3.49. The maximum atomic E-state index is 12.5. The second-order valence-electron chi connectivity index (χ2n) is 7.87. The van der Waals surface area contributed by atoms with Gasteiger partial charge in [0.15, 0.2) is 0 Å². The number of benzene rings is 1. The quantitative estimate of drug-likeness (QED) is 0.831. The third-order valence-corrected chi connectivity index (χ3v) is 5.87. The van der Waals surface area contributed by atoms with Crippen molar-refractivity contribution in [3.8, 4) is 0 Å². The molecule has 2 fully saturated rings. The molecule has 0 aliphatic carbocycles. The summed E-state index contributed by atoms with van der Waals surface area (Å²) in [4.78, 5) is 14.9. The Labute approximate surface area is 152 Å². The van der Waals surface area contributed by atoms with Gasteiger partial charge >= 0.3 is 0 Å². The van der Waals surface area contributed by atoms with E-state index in [0.29, 0.717) is 18.3 Å². The van der Waals surface area contributed by atoms with Gasteiger partial charge in [-0.3, -0.25) is 4.79 Å². The fraction of sp³-hybridized carbons (Fsp3) is 0.667. The highest BCUT2D eigenvalue weighted by Gasteiger charge is 2.23. The average molecular weight is 344 g/mol. The number of carbonyl (C=O) groups is 1. The Morgan fingerprint density at radius 3 is 2.80 bits per heavy atom. The van der Waals surface area contributed by atoms with Gasteiger partial charge < -0.3 is 15.5 Å². The van der Waals surface area contributed by atoms with E-state index in [9.17, 15) is 4.79 Å². The van der Waals surface area contributed by atoms with Gasteiger partial charge in [-0.05, 0) is 75.2 Å². The van der Waals surface area contributed by atoms with E-state index in [2.05, 4.69) is 53.6 Å². The fourth-order valence-corrected chi connectivity index (χ4v) is 4.17. The summed E-state index contributed by atoms with van der Waals surface area (Å²) in [6.45, 7) is 8.79.